The van der Waals surface area contributed by atoms with Crippen molar-refractivity contribution in [1.82, 2.24) is 10.6 Å². The number of hydrogen-bond donors (Lipinski definition) is 3. The zero-order chi connectivity index (χ0) is 13.4. The lowest BCUT2D eigenvalue weighted by Crippen LogP contribution is -2.32. The van der Waals surface area contributed by atoms with Crippen LogP contribution in [0.2, 0.25) is 0 Å². The largest absolute Gasteiger partial charge is 0.356 e. The molecule has 6 heteroatoms. The second-order valence-electron chi connectivity index (χ2n) is 3.70. The van der Waals surface area contributed by atoms with Gasteiger partial charge in [-0.15, -0.1) is 0 Å². The molecule has 0 bridgehead atoms. The normalized spacial score (nSPS) is 9.67. The van der Waals surface area contributed by atoms with Crippen LogP contribution in [0.15, 0.2) is 28.7 Å². The second-order valence-corrected chi connectivity index (χ2v) is 4.55. The molecule has 0 spiro atoms. The quantitative estimate of drug-likeness (QED) is 0.729. The van der Waals surface area contributed by atoms with E-state index in [1.165, 1.54) is 6.92 Å². The Labute approximate surface area is 114 Å². The molecular formula is C12H16BrN3O2. The molecule has 0 aliphatic carbocycles. The Morgan fingerprint density at radius 3 is 2.50 bits per heavy atom. The zero-order valence-electron chi connectivity index (χ0n) is 10.1. The van der Waals surface area contributed by atoms with Gasteiger partial charge in [0.2, 0.25) is 5.91 Å². The van der Waals surface area contributed by atoms with Gasteiger partial charge >= 0.3 is 6.03 Å². The van der Waals surface area contributed by atoms with Gasteiger partial charge in [0, 0.05) is 24.5 Å². The van der Waals surface area contributed by atoms with Crippen molar-refractivity contribution in [3.05, 3.63) is 28.7 Å². The molecule has 0 aromatic heterocycles. The number of benzene rings is 1. The molecule has 0 saturated heterocycles. The zero-order valence-corrected chi connectivity index (χ0v) is 11.7. The van der Waals surface area contributed by atoms with E-state index in [4.69, 9.17) is 0 Å². The van der Waals surface area contributed by atoms with Crippen molar-refractivity contribution in [2.45, 2.75) is 13.3 Å². The third-order valence-electron chi connectivity index (χ3n) is 2.14. The van der Waals surface area contributed by atoms with E-state index < -0.39 is 0 Å². The fourth-order valence-corrected chi connectivity index (χ4v) is 1.67. The van der Waals surface area contributed by atoms with Gasteiger partial charge in [-0.25, -0.2) is 4.79 Å². The first kappa shape index (κ1) is 14.5. The minimum atomic E-state index is -0.260. The van der Waals surface area contributed by atoms with Crippen molar-refractivity contribution in [3.63, 3.8) is 0 Å². The third-order valence-corrected chi connectivity index (χ3v) is 2.83. The maximum Gasteiger partial charge on any atom is 0.319 e. The summed E-state index contributed by atoms with van der Waals surface area (Å²) >= 11 is 3.34. The van der Waals surface area contributed by atoms with Crippen molar-refractivity contribution in [2.75, 3.05) is 18.4 Å². The van der Waals surface area contributed by atoms with Gasteiger partial charge in [0.25, 0.3) is 0 Å². The van der Waals surface area contributed by atoms with Gasteiger partial charge in [0.1, 0.15) is 0 Å². The molecule has 0 aliphatic rings. The van der Waals surface area contributed by atoms with Gasteiger partial charge in [0.05, 0.1) is 5.69 Å². The Bertz CT molecular complexity index is 424. The van der Waals surface area contributed by atoms with Crippen molar-refractivity contribution < 1.29 is 9.59 Å². The van der Waals surface area contributed by atoms with Gasteiger partial charge in [-0.3, -0.25) is 4.79 Å². The summed E-state index contributed by atoms with van der Waals surface area (Å²) in [7, 11) is 0. The van der Waals surface area contributed by atoms with Gasteiger partial charge in [0.15, 0.2) is 0 Å². The second kappa shape index (κ2) is 7.71. The maximum absolute atomic E-state index is 11.5. The molecule has 0 heterocycles. The van der Waals surface area contributed by atoms with Crippen LogP contribution >= 0.6 is 15.9 Å². The predicted molar refractivity (Wildman–Crippen MR) is 74.5 cm³/mol. The van der Waals surface area contributed by atoms with E-state index in [0.29, 0.717) is 19.5 Å². The van der Waals surface area contributed by atoms with Gasteiger partial charge in [-0.2, -0.15) is 0 Å². The number of carbonyl (C=O) groups excluding carboxylic acids is 2. The van der Waals surface area contributed by atoms with Crippen LogP contribution in [0.4, 0.5) is 10.5 Å². The van der Waals surface area contributed by atoms with E-state index in [1.807, 2.05) is 18.2 Å². The Morgan fingerprint density at radius 1 is 1.17 bits per heavy atom. The minimum Gasteiger partial charge on any atom is -0.356 e. The Balaban J connectivity index is 2.22. The summed E-state index contributed by atoms with van der Waals surface area (Å²) in [6.07, 6.45) is 0.697. The molecule has 0 aliphatic heterocycles. The molecule has 5 nitrogen and oxygen atoms in total. The summed E-state index contributed by atoms with van der Waals surface area (Å²) in [4.78, 5) is 22.1. The molecule has 0 atom stereocenters. The molecule has 1 rings (SSSR count). The molecule has 98 valence electrons. The number of hydrogen-bond acceptors (Lipinski definition) is 2. The molecule has 0 saturated carbocycles. The molecule has 18 heavy (non-hydrogen) atoms. The van der Waals surface area contributed by atoms with Gasteiger partial charge < -0.3 is 16.0 Å². The summed E-state index contributed by atoms with van der Waals surface area (Å²) in [6, 6.07) is 7.12. The predicted octanol–water partition coefficient (Wildman–Crippen LogP) is 2.10. The molecule has 3 N–H and O–H groups in total. The Hall–Kier alpha value is -1.56. The number of urea groups is 1. The van der Waals surface area contributed by atoms with Crippen molar-refractivity contribution in [1.29, 1.82) is 0 Å². The standard InChI is InChI=1S/C12H16BrN3O2/c1-9(17)14-7-4-8-15-12(18)16-11-6-3-2-5-10(11)13/h2-3,5-6H,4,7-8H2,1H3,(H,14,17)(H2,15,16,18). The monoisotopic (exact) mass is 313 g/mol. The number of halogens is 1. The highest BCUT2D eigenvalue weighted by Gasteiger charge is 2.03. The van der Waals surface area contributed by atoms with Gasteiger partial charge in [-0.1, -0.05) is 12.1 Å². The van der Waals surface area contributed by atoms with E-state index in [2.05, 4.69) is 31.9 Å². The van der Waals surface area contributed by atoms with Crippen LogP contribution in [0.25, 0.3) is 0 Å². The summed E-state index contributed by atoms with van der Waals surface area (Å²) < 4.78 is 0.832. The lowest BCUT2D eigenvalue weighted by Gasteiger charge is -2.09. The topological polar surface area (TPSA) is 70.2 Å². The highest BCUT2D eigenvalue weighted by molar-refractivity contribution is 9.10. The molecule has 0 unspecified atom stereocenters. The summed E-state index contributed by atoms with van der Waals surface area (Å²) in [5.41, 5.74) is 0.719. The van der Waals surface area contributed by atoms with Crippen molar-refractivity contribution in [3.8, 4) is 0 Å². The van der Waals surface area contributed by atoms with Crippen LogP contribution in [-0.2, 0) is 4.79 Å². The lowest BCUT2D eigenvalue weighted by atomic mass is 10.3. The summed E-state index contributed by atoms with van der Waals surface area (Å²) in [5.74, 6) is -0.0623. The van der Waals surface area contributed by atoms with E-state index >= 15 is 0 Å². The molecule has 1 aromatic carbocycles. The molecule has 1 aromatic rings. The fraction of sp³-hybridized carbons (Fsp3) is 0.333. The number of rotatable bonds is 5. The highest BCUT2D eigenvalue weighted by Crippen LogP contribution is 2.20. The molecule has 0 radical (unpaired) electrons. The van der Waals surface area contributed by atoms with Crippen molar-refractivity contribution >= 4 is 33.6 Å². The fourth-order valence-electron chi connectivity index (χ4n) is 1.28. The Morgan fingerprint density at radius 2 is 1.83 bits per heavy atom. The van der Waals surface area contributed by atoms with Crippen molar-refractivity contribution in [2.24, 2.45) is 0 Å². The molecular weight excluding hydrogens is 298 g/mol. The SMILES string of the molecule is CC(=O)NCCCNC(=O)Nc1ccccc1Br. The van der Waals surface area contributed by atoms with Gasteiger partial charge in [-0.05, 0) is 34.5 Å². The molecule has 0 fully saturated rings. The van der Waals surface area contributed by atoms with Crippen LogP contribution in [0.3, 0.4) is 0 Å². The smallest absolute Gasteiger partial charge is 0.319 e. The number of amides is 3. The van der Waals surface area contributed by atoms with E-state index in [0.717, 1.165) is 10.2 Å². The summed E-state index contributed by atoms with van der Waals surface area (Å²) in [5, 5.41) is 8.10. The average molecular weight is 314 g/mol. The highest BCUT2D eigenvalue weighted by atomic mass is 79.9. The summed E-state index contributed by atoms with van der Waals surface area (Å²) in [6.45, 7) is 2.54. The van der Waals surface area contributed by atoms with E-state index in [9.17, 15) is 9.59 Å². The number of anilines is 1. The number of nitrogens with one attached hydrogen (secondary N) is 3. The maximum atomic E-state index is 11.5. The van der Waals surface area contributed by atoms with E-state index in [-0.39, 0.29) is 11.9 Å². The minimum absolute atomic E-state index is 0.0623. The molecule has 3 amide bonds. The van der Waals surface area contributed by atoms with Crippen LogP contribution < -0.4 is 16.0 Å². The van der Waals surface area contributed by atoms with Crippen LogP contribution in [0.1, 0.15) is 13.3 Å². The first-order valence-corrected chi connectivity index (χ1v) is 6.42. The Kier molecular flexibility index (Phi) is 6.21. The van der Waals surface area contributed by atoms with Crippen LogP contribution in [-0.4, -0.2) is 25.0 Å². The average Bonchev–Trinajstić information content (AvgIpc) is 2.31. The first-order valence-electron chi connectivity index (χ1n) is 5.63. The number of para-hydroxylation sites is 1. The first-order chi connectivity index (χ1) is 8.59. The van der Waals surface area contributed by atoms with Crippen LogP contribution in [0, 0.1) is 0 Å². The van der Waals surface area contributed by atoms with E-state index in [1.54, 1.807) is 6.07 Å². The third kappa shape index (κ3) is 5.67. The van der Waals surface area contributed by atoms with Crippen LogP contribution in [0.5, 0.6) is 0 Å². The lowest BCUT2D eigenvalue weighted by molar-refractivity contribution is -0.118. The number of carbonyl (C=O) groups is 2.